The van der Waals surface area contributed by atoms with Crippen LogP contribution < -0.4 is 14.8 Å². The minimum Gasteiger partial charge on any atom is -0.493 e. The van der Waals surface area contributed by atoms with E-state index in [4.69, 9.17) is 9.47 Å². The van der Waals surface area contributed by atoms with Crippen molar-refractivity contribution in [1.82, 2.24) is 10.2 Å². The summed E-state index contributed by atoms with van der Waals surface area (Å²) < 4.78 is 11.5. The first-order valence-corrected chi connectivity index (χ1v) is 8.60. The van der Waals surface area contributed by atoms with Gasteiger partial charge in [0.25, 0.3) is 0 Å². The predicted molar refractivity (Wildman–Crippen MR) is 89.0 cm³/mol. The Bertz CT molecular complexity index is 466. The summed E-state index contributed by atoms with van der Waals surface area (Å²) >= 11 is 0. The summed E-state index contributed by atoms with van der Waals surface area (Å²) in [5, 5.41) is 3.42. The highest BCUT2D eigenvalue weighted by atomic mass is 16.5. The van der Waals surface area contributed by atoms with E-state index >= 15 is 0 Å². The number of piperidine rings is 1. The van der Waals surface area contributed by atoms with E-state index in [0.29, 0.717) is 5.92 Å². The molecule has 0 amide bonds. The Morgan fingerprint density at radius 2 is 1.91 bits per heavy atom. The van der Waals surface area contributed by atoms with E-state index in [2.05, 4.69) is 28.4 Å². The van der Waals surface area contributed by atoms with Gasteiger partial charge in [-0.15, -0.1) is 0 Å². The van der Waals surface area contributed by atoms with Gasteiger partial charge in [0.1, 0.15) is 6.61 Å². The maximum atomic E-state index is 5.95. The van der Waals surface area contributed by atoms with Gasteiger partial charge in [-0.05, 0) is 75.5 Å². The first-order valence-electron chi connectivity index (χ1n) is 8.60. The largest absolute Gasteiger partial charge is 0.493 e. The molecule has 2 heterocycles. The molecule has 0 aromatic heterocycles. The second-order valence-electron chi connectivity index (χ2n) is 6.33. The molecule has 0 atom stereocenters. The number of methoxy groups -OCH3 is 1. The number of benzene rings is 1. The SMILES string of the molecule is COc1cc(C2CCNCC2)ccc1OCCN1CCCC1. The summed E-state index contributed by atoms with van der Waals surface area (Å²) in [5.74, 6) is 2.39. The van der Waals surface area contributed by atoms with Crippen LogP contribution in [-0.4, -0.2) is 51.3 Å². The summed E-state index contributed by atoms with van der Waals surface area (Å²) in [6.07, 6.45) is 5.07. The van der Waals surface area contributed by atoms with E-state index in [9.17, 15) is 0 Å². The van der Waals surface area contributed by atoms with Crippen LogP contribution in [0.4, 0.5) is 0 Å². The Hall–Kier alpha value is -1.26. The smallest absolute Gasteiger partial charge is 0.161 e. The highest BCUT2D eigenvalue weighted by molar-refractivity contribution is 5.44. The molecule has 0 saturated carbocycles. The molecule has 4 heteroatoms. The van der Waals surface area contributed by atoms with Gasteiger partial charge >= 0.3 is 0 Å². The van der Waals surface area contributed by atoms with Crippen molar-refractivity contribution in [1.29, 1.82) is 0 Å². The minimum atomic E-state index is 0.647. The van der Waals surface area contributed by atoms with Crippen LogP contribution in [0.3, 0.4) is 0 Å². The van der Waals surface area contributed by atoms with Crippen molar-refractivity contribution in [2.75, 3.05) is 46.4 Å². The van der Waals surface area contributed by atoms with E-state index < -0.39 is 0 Å². The van der Waals surface area contributed by atoms with Gasteiger partial charge in [-0.2, -0.15) is 0 Å². The third kappa shape index (κ3) is 3.93. The average molecular weight is 304 g/mol. The lowest BCUT2D eigenvalue weighted by Crippen LogP contribution is -2.26. The number of likely N-dealkylation sites (tertiary alicyclic amines) is 1. The molecule has 1 N–H and O–H groups in total. The van der Waals surface area contributed by atoms with Crippen molar-refractivity contribution in [2.24, 2.45) is 0 Å². The van der Waals surface area contributed by atoms with Crippen molar-refractivity contribution in [3.63, 3.8) is 0 Å². The predicted octanol–water partition coefficient (Wildman–Crippen LogP) is 2.64. The van der Waals surface area contributed by atoms with Gasteiger partial charge in [0.2, 0.25) is 0 Å². The number of nitrogens with zero attached hydrogens (tertiary/aromatic N) is 1. The number of ether oxygens (including phenoxy) is 2. The fraction of sp³-hybridized carbons (Fsp3) is 0.667. The third-order valence-corrected chi connectivity index (χ3v) is 4.86. The second kappa shape index (κ2) is 7.84. The minimum absolute atomic E-state index is 0.647. The van der Waals surface area contributed by atoms with Crippen LogP contribution in [0.2, 0.25) is 0 Å². The zero-order valence-electron chi connectivity index (χ0n) is 13.6. The van der Waals surface area contributed by atoms with Gasteiger partial charge in [-0.3, -0.25) is 4.90 Å². The molecule has 1 aromatic rings. The summed E-state index contributed by atoms with van der Waals surface area (Å²) in [6, 6.07) is 6.46. The molecule has 1 aromatic carbocycles. The van der Waals surface area contributed by atoms with E-state index in [1.54, 1.807) is 7.11 Å². The maximum Gasteiger partial charge on any atom is 0.161 e. The summed E-state index contributed by atoms with van der Waals surface area (Å²) in [4.78, 5) is 2.47. The van der Waals surface area contributed by atoms with Crippen LogP contribution in [0.5, 0.6) is 11.5 Å². The summed E-state index contributed by atoms with van der Waals surface area (Å²) in [5.41, 5.74) is 1.38. The van der Waals surface area contributed by atoms with Gasteiger partial charge in [0.15, 0.2) is 11.5 Å². The molecule has 0 aliphatic carbocycles. The Kier molecular flexibility index (Phi) is 5.57. The molecule has 2 aliphatic rings. The molecule has 0 unspecified atom stereocenters. The second-order valence-corrected chi connectivity index (χ2v) is 6.33. The number of hydrogen-bond donors (Lipinski definition) is 1. The van der Waals surface area contributed by atoms with Gasteiger partial charge < -0.3 is 14.8 Å². The van der Waals surface area contributed by atoms with E-state index in [0.717, 1.165) is 37.7 Å². The first-order chi connectivity index (χ1) is 10.9. The highest BCUT2D eigenvalue weighted by Gasteiger charge is 2.17. The fourth-order valence-corrected chi connectivity index (χ4v) is 3.50. The van der Waals surface area contributed by atoms with E-state index in [1.165, 1.54) is 44.3 Å². The number of hydrogen-bond acceptors (Lipinski definition) is 4. The molecular formula is C18H28N2O2. The van der Waals surface area contributed by atoms with Gasteiger partial charge in [-0.25, -0.2) is 0 Å². The molecule has 0 radical (unpaired) electrons. The number of rotatable bonds is 6. The Labute approximate surface area is 133 Å². The zero-order chi connectivity index (χ0) is 15.2. The Morgan fingerprint density at radius 1 is 1.14 bits per heavy atom. The highest BCUT2D eigenvalue weighted by Crippen LogP contribution is 2.33. The monoisotopic (exact) mass is 304 g/mol. The Balaban J connectivity index is 1.58. The van der Waals surface area contributed by atoms with Gasteiger partial charge in [0.05, 0.1) is 7.11 Å². The molecule has 4 nitrogen and oxygen atoms in total. The molecule has 0 spiro atoms. The number of nitrogens with one attached hydrogen (secondary N) is 1. The van der Waals surface area contributed by atoms with E-state index in [-0.39, 0.29) is 0 Å². The molecule has 2 fully saturated rings. The molecule has 2 saturated heterocycles. The lowest BCUT2D eigenvalue weighted by molar-refractivity contribution is 0.230. The van der Waals surface area contributed by atoms with Crippen LogP contribution in [0.25, 0.3) is 0 Å². The van der Waals surface area contributed by atoms with Crippen molar-refractivity contribution in [3.05, 3.63) is 23.8 Å². The zero-order valence-corrected chi connectivity index (χ0v) is 13.6. The van der Waals surface area contributed by atoms with Gasteiger partial charge in [0, 0.05) is 6.54 Å². The third-order valence-electron chi connectivity index (χ3n) is 4.86. The van der Waals surface area contributed by atoms with Crippen molar-refractivity contribution in [2.45, 2.75) is 31.6 Å². The molecular weight excluding hydrogens is 276 g/mol. The molecule has 22 heavy (non-hydrogen) atoms. The van der Waals surface area contributed by atoms with Crippen LogP contribution in [0.1, 0.15) is 37.2 Å². The Morgan fingerprint density at radius 3 is 2.64 bits per heavy atom. The van der Waals surface area contributed by atoms with Gasteiger partial charge in [-0.1, -0.05) is 6.07 Å². The lowest BCUT2D eigenvalue weighted by Gasteiger charge is -2.24. The lowest BCUT2D eigenvalue weighted by atomic mass is 9.90. The van der Waals surface area contributed by atoms with Crippen LogP contribution >= 0.6 is 0 Å². The molecule has 2 aliphatic heterocycles. The average Bonchev–Trinajstić information content (AvgIpc) is 3.09. The standard InChI is InChI=1S/C18H28N2O2/c1-21-18-14-16(15-6-8-19-9-7-15)4-5-17(18)22-13-12-20-10-2-3-11-20/h4-5,14-15,19H,2-3,6-13H2,1H3. The van der Waals surface area contributed by atoms with Crippen molar-refractivity contribution < 1.29 is 9.47 Å². The quantitative estimate of drug-likeness (QED) is 0.876. The molecule has 0 bridgehead atoms. The molecule has 3 rings (SSSR count). The summed E-state index contributed by atoms with van der Waals surface area (Å²) in [7, 11) is 1.73. The normalized spacial score (nSPS) is 20.2. The van der Waals surface area contributed by atoms with Crippen LogP contribution in [-0.2, 0) is 0 Å². The van der Waals surface area contributed by atoms with Crippen LogP contribution in [0, 0.1) is 0 Å². The van der Waals surface area contributed by atoms with Crippen molar-refractivity contribution in [3.8, 4) is 11.5 Å². The topological polar surface area (TPSA) is 33.7 Å². The van der Waals surface area contributed by atoms with Crippen LogP contribution in [0.15, 0.2) is 18.2 Å². The van der Waals surface area contributed by atoms with E-state index in [1.807, 2.05) is 0 Å². The summed E-state index contributed by atoms with van der Waals surface area (Å²) in [6.45, 7) is 6.41. The first kappa shape index (κ1) is 15.6. The van der Waals surface area contributed by atoms with Crippen molar-refractivity contribution >= 4 is 0 Å². The maximum absolute atomic E-state index is 5.95. The fourth-order valence-electron chi connectivity index (χ4n) is 3.50. The molecule has 122 valence electrons.